The summed E-state index contributed by atoms with van der Waals surface area (Å²) in [6.07, 6.45) is -7.85. The van der Waals surface area contributed by atoms with Crippen molar-refractivity contribution in [2.75, 3.05) is 14.1 Å². The predicted octanol–water partition coefficient (Wildman–Crippen LogP) is 1.75. The molecule has 6 nitrogen and oxygen atoms in total. The molecule has 2 atom stereocenters. The molecule has 1 aromatic heterocycles. The number of alkyl halides is 3. The van der Waals surface area contributed by atoms with E-state index in [0.29, 0.717) is 0 Å². The van der Waals surface area contributed by atoms with Gasteiger partial charge in [-0.1, -0.05) is 0 Å². The average Bonchev–Trinajstić information content (AvgIpc) is 2.83. The molecule has 0 spiro atoms. The van der Waals surface area contributed by atoms with E-state index >= 15 is 0 Å². The lowest BCUT2D eigenvalue weighted by Gasteiger charge is -2.28. The van der Waals surface area contributed by atoms with Gasteiger partial charge in [0.15, 0.2) is 6.10 Å². The number of carbonyl (C=O) groups is 2. The molecule has 0 aliphatic rings. The summed E-state index contributed by atoms with van der Waals surface area (Å²) in [5.41, 5.74) is -3.53. The first-order valence-corrected chi connectivity index (χ1v) is 6.65. The number of hydrogen-bond acceptors (Lipinski definition) is 5. The van der Waals surface area contributed by atoms with Crippen LogP contribution >= 0.6 is 0 Å². The van der Waals surface area contributed by atoms with Crippen molar-refractivity contribution in [3.8, 4) is 0 Å². The Hall–Kier alpha value is -2.03. The second-order valence-electron chi connectivity index (χ2n) is 5.31. The van der Waals surface area contributed by atoms with Crippen molar-refractivity contribution in [2.45, 2.75) is 38.1 Å². The molecule has 9 heteroatoms. The number of rotatable bonds is 5. The summed E-state index contributed by atoms with van der Waals surface area (Å²) in [5, 5.41) is 9.95. The molecule has 1 heterocycles. The van der Waals surface area contributed by atoms with E-state index in [-0.39, 0.29) is 5.76 Å². The molecule has 0 aromatic carbocycles. The summed E-state index contributed by atoms with van der Waals surface area (Å²) in [6.45, 7) is 2.63. The Bertz CT molecular complexity index is 581. The first kappa shape index (κ1) is 19.0. The smallest absolute Gasteiger partial charge is 0.425 e. The normalized spacial score (nSPS) is 15.7. The van der Waals surface area contributed by atoms with E-state index in [0.717, 1.165) is 11.0 Å². The van der Waals surface area contributed by atoms with Gasteiger partial charge in [-0.2, -0.15) is 13.2 Å². The van der Waals surface area contributed by atoms with Crippen LogP contribution in [0.25, 0.3) is 0 Å². The van der Waals surface area contributed by atoms with E-state index in [1.807, 2.05) is 0 Å². The van der Waals surface area contributed by atoms with Gasteiger partial charge in [0.05, 0.1) is 6.42 Å². The minimum absolute atomic E-state index is 0.146. The van der Waals surface area contributed by atoms with Gasteiger partial charge in [0, 0.05) is 14.1 Å². The van der Waals surface area contributed by atoms with Gasteiger partial charge < -0.3 is 19.2 Å². The number of nitrogens with zero attached hydrogens (tertiary/aromatic N) is 1. The van der Waals surface area contributed by atoms with Crippen LogP contribution < -0.4 is 0 Å². The highest BCUT2D eigenvalue weighted by Gasteiger charge is 2.58. The number of likely N-dealkylation sites (N-methyl/N-ethyl adjacent to an activating group) is 1. The van der Waals surface area contributed by atoms with Crippen molar-refractivity contribution in [1.82, 2.24) is 4.90 Å². The third-order valence-electron chi connectivity index (χ3n) is 3.11. The fraction of sp³-hybridized carbons (Fsp3) is 0.571. The maximum Gasteiger partial charge on any atom is 0.425 e. The van der Waals surface area contributed by atoms with Crippen molar-refractivity contribution in [3.63, 3.8) is 0 Å². The van der Waals surface area contributed by atoms with Crippen molar-refractivity contribution in [3.05, 3.63) is 23.7 Å². The molecule has 1 aromatic rings. The van der Waals surface area contributed by atoms with Crippen LogP contribution in [0.5, 0.6) is 0 Å². The quantitative estimate of drug-likeness (QED) is 0.828. The molecular formula is C14H18F3NO5. The number of carbonyl (C=O) groups excluding carboxylic acids is 2. The van der Waals surface area contributed by atoms with Gasteiger partial charge in [0.1, 0.15) is 11.5 Å². The first-order valence-electron chi connectivity index (χ1n) is 6.65. The van der Waals surface area contributed by atoms with E-state index in [2.05, 4.69) is 4.74 Å². The van der Waals surface area contributed by atoms with Crippen molar-refractivity contribution < 1.29 is 37.0 Å². The first-order chi connectivity index (χ1) is 10.4. The summed E-state index contributed by atoms with van der Waals surface area (Å²) in [6, 6.07) is 2.17. The molecular weight excluding hydrogens is 319 g/mol. The molecule has 1 rings (SSSR count). The lowest BCUT2D eigenvalue weighted by molar-refractivity contribution is -0.275. The van der Waals surface area contributed by atoms with Crippen LogP contribution in [0.15, 0.2) is 16.5 Å². The summed E-state index contributed by atoms with van der Waals surface area (Å²) < 4.78 is 49.0. The number of furan rings is 1. The Balaban J connectivity index is 2.95. The largest absolute Gasteiger partial charge is 0.463 e. The summed E-state index contributed by atoms with van der Waals surface area (Å²) in [7, 11) is 2.81. The summed E-state index contributed by atoms with van der Waals surface area (Å²) >= 11 is 0. The number of aryl methyl sites for hydroxylation is 1. The Kier molecular flexibility index (Phi) is 5.47. The molecule has 0 radical (unpaired) electrons. The average molecular weight is 337 g/mol. The molecule has 0 saturated heterocycles. The van der Waals surface area contributed by atoms with Crippen molar-refractivity contribution in [2.24, 2.45) is 0 Å². The highest BCUT2D eigenvalue weighted by atomic mass is 19.4. The van der Waals surface area contributed by atoms with E-state index in [9.17, 15) is 27.9 Å². The lowest BCUT2D eigenvalue weighted by atomic mass is 9.96. The molecule has 0 bridgehead atoms. The van der Waals surface area contributed by atoms with Crippen molar-refractivity contribution >= 4 is 11.9 Å². The third-order valence-corrected chi connectivity index (χ3v) is 3.11. The molecule has 0 aliphatic heterocycles. The molecule has 1 N–H and O–H groups in total. The predicted molar refractivity (Wildman–Crippen MR) is 72.3 cm³/mol. The van der Waals surface area contributed by atoms with E-state index in [1.165, 1.54) is 34.0 Å². The molecule has 0 fully saturated rings. The molecule has 1 amide bonds. The van der Waals surface area contributed by atoms with Gasteiger partial charge in [-0.05, 0) is 26.0 Å². The Morgan fingerprint density at radius 1 is 1.35 bits per heavy atom. The monoisotopic (exact) mass is 337 g/mol. The van der Waals surface area contributed by atoms with Crippen LogP contribution in [0.1, 0.15) is 24.9 Å². The molecule has 2 unspecified atom stereocenters. The summed E-state index contributed by atoms with van der Waals surface area (Å²) in [4.78, 5) is 24.4. The van der Waals surface area contributed by atoms with Gasteiger partial charge in [0.2, 0.25) is 5.60 Å². The third kappa shape index (κ3) is 4.25. The van der Waals surface area contributed by atoms with Crippen LogP contribution in [-0.2, 0) is 19.9 Å². The zero-order valence-corrected chi connectivity index (χ0v) is 13.1. The molecule has 23 heavy (non-hydrogen) atoms. The number of halogens is 3. The maximum absolute atomic E-state index is 13.2. The summed E-state index contributed by atoms with van der Waals surface area (Å²) in [5.74, 6) is -2.64. The second kappa shape index (κ2) is 6.61. The zero-order chi connectivity index (χ0) is 18.0. The zero-order valence-electron chi connectivity index (χ0n) is 13.1. The van der Waals surface area contributed by atoms with Crippen LogP contribution in [-0.4, -0.2) is 48.3 Å². The van der Waals surface area contributed by atoms with Gasteiger partial charge in [0.25, 0.3) is 5.91 Å². The molecule has 130 valence electrons. The lowest BCUT2D eigenvalue weighted by Crippen LogP contribution is -2.45. The van der Waals surface area contributed by atoms with E-state index in [4.69, 9.17) is 4.42 Å². The molecule has 0 saturated carbocycles. The fourth-order valence-corrected chi connectivity index (χ4v) is 1.85. The number of esters is 1. The minimum atomic E-state index is -5.16. The van der Waals surface area contributed by atoms with Crippen molar-refractivity contribution in [1.29, 1.82) is 0 Å². The van der Waals surface area contributed by atoms with Crippen LogP contribution in [0.3, 0.4) is 0 Å². The van der Waals surface area contributed by atoms with E-state index < -0.39 is 41.9 Å². The number of amides is 1. The number of hydrogen-bond donors (Lipinski definition) is 1. The Morgan fingerprint density at radius 3 is 2.30 bits per heavy atom. The van der Waals surface area contributed by atoms with Gasteiger partial charge in [-0.15, -0.1) is 0 Å². The van der Waals surface area contributed by atoms with Crippen LogP contribution in [0.2, 0.25) is 0 Å². The van der Waals surface area contributed by atoms with Gasteiger partial charge >= 0.3 is 12.1 Å². The molecule has 0 aliphatic carbocycles. The van der Waals surface area contributed by atoms with E-state index in [1.54, 1.807) is 0 Å². The maximum atomic E-state index is 13.2. The highest BCUT2D eigenvalue weighted by molar-refractivity contribution is 5.83. The number of aliphatic hydroxyl groups is 1. The van der Waals surface area contributed by atoms with Crippen LogP contribution in [0.4, 0.5) is 13.2 Å². The topological polar surface area (TPSA) is 80.0 Å². The fourth-order valence-electron chi connectivity index (χ4n) is 1.85. The number of ether oxygens (including phenoxy) is 1. The minimum Gasteiger partial charge on any atom is -0.463 e. The standard InChI is InChI=1S/C14H18F3NO5/c1-8-5-6-10(22-8)13(21,14(15,16)17)7-11(19)23-9(2)12(20)18(3)4/h5-6,9,21H,7H2,1-4H3. The SMILES string of the molecule is Cc1ccc(C(O)(CC(=O)OC(C)C(=O)N(C)C)C(F)(F)F)o1. The van der Waals surface area contributed by atoms with Gasteiger partial charge in [-0.25, -0.2) is 0 Å². The second-order valence-corrected chi connectivity index (χ2v) is 5.31. The van der Waals surface area contributed by atoms with Gasteiger partial charge in [-0.3, -0.25) is 9.59 Å². The highest BCUT2D eigenvalue weighted by Crippen LogP contribution is 2.42. The Morgan fingerprint density at radius 2 is 1.91 bits per heavy atom. The van der Waals surface area contributed by atoms with Crippen LogP contribution in [0, 0.1) is 6.92 Å². The Labute approximate surface area is 130 Å².